The van der Waals surface area contributed by atoms with Gasteiger partial charge in [0.15, 0.2) is 0 Å². The van der Waals surface area contributed by atoms with Crippen molar-refractivity contribution < 1.29 is 4.79 Å². The lowest BCUT2D eigenvalue weighted by Gasteiger charge is -2.10. The predicted molar refractivity (Wildman–Crippen MR) is 116 cm³/mol. The van der Waals surface area contributed by atoms with Gasteiger partial charge in [0.1, 0.15) is 11.8 Å². The number of hydrogen-bond acceptors (Lipinski definition) is 5. The molecule has 2 aromatic heterocycles. The largest absolute Gasteiger partial charge is 0.361 e. The number of aromatic nitrogens is 3. The number of carbonyl (C=O) groups is 1. The topological polar surface area (TPSA) is 106 Å². The average Bonchev–Trinajstić information content (AvgIpc) is 3.17. The highest BCUT2D eigenvalue weighted by Gasteiger charge is 2.12. The molecule has 7 nitrogen and oxygen atoms in total. The summed E-state index contributed by atoms with van der Waals surface area (Å²) in [5.41, 5.74) is 4.24. The van der Waals surface area contributed by atoms with Crippen LogP contribution < -0.4 is 10.6 Å². The summed E-state index contributed by atoms with van der Waals surface area (Å²) in [6.07, 6.45) is 2.68. The van der Waals surface area contributed by atoms with Crippen LogP contribution in [0.15, 0.2) is 60.8 Å². The molecule has 0 aliphatic heterocycles. The zero-order chi connectivity index (χ0) is 20.9. The molecular weight excluding hydrogens is 376 g/mol. The van der Waals surface area contributed by atoms with Gasteiger partial charge in [-0.3, -0.25) is 4.79 Å². The molecule has 1 amide bonds. The number of nitriles is 1. The summed E-state index contributed by atoms with van der Waals surface area (Å²) in [6, 6.07) is 18.9. The lowest BCUT2D eigenvalue weighted by atomic mass is 10.1. The standard InChI is InChI=1S/C23H20N6O/c1-15-12-21(29-23(27-15)28-19-8-4-2-6-16(19)13-24)22(30)25-11-10-17-14-26-20-9-5-3-7-18(17)20/h2-9,12,14,26H,10-11H2,1H3,(H,25,30)(H,27,28,29). The van der Waals surface area contributed by atoms with Crippen molar-refractivity contribution in [1.29, 1.82) is 5.26 Å². The summed E-state index contributed by atoms with van der Waals surface area (Å²) < 4.78 is 0. The maximum atomic E-state index is 12.6. The van der Waals surface area contributed by atoms with E-state index in [1.807, 2.05) is 30.5 Å². The summed E-state index contributed by atoms with van der Waals surface area (Å²) in [5, 5.41) is 16.3. The molecular formula is C23H20N6O. The number of anilines is 2. The Balaban J connectivity index is 1.44. The van der Waals surface area contributed by atoms with Gasteiger partial charge in [0.25, 0.3) is 5.91 Å². The Morgan fingerprint density at radius 2 is 1.93 bits per heavy atom. The van der Waals surface area contributed by atoms with Crippen LogP contribution in [0.4, 0.5) is 11.6 Å². The molecule has 0 saturated heterocycles. The van der Waals surface area contributed by atoms with Gasteiger partial charge in [-0.15, -0.1) is 0 Å². The number of H-pyrrole nitrogens is 1. The van der Waals surface area contributed by atoms with E-state index in [0.717, 1.165) is 16.5 Å². The van der Waals surface area contributed by atoms with E-state index >= 15 is 0 Å². The number of carbonyl (C=O) groups excluding carboxylic acids is 1. The zero-order valence-corrected chi connectivity index (χ0v) is 16.4. The van der Waals surface area contributed by atoms with Crippen molar-refractivity contribution >= 4 is 28.4 Å². The Morgan fingerprint density at radius 3 is 2.80 bits per heavy atom. The number of rotatable bonds is 6. The average molecular weight is 396 g/mol. The molecule has 0 bridgehead atoms. The highest BCUT2D eigenvalue weighted by atomic mass is 16.1. The summed E-state index contributed by atoms with van der Waals surface area (Å²) in [5.74, 6) is 0.0106. The number of nitrogens with one attached hydrogen (secondary N) is 3. The Labute approximate surface area is 173 Å². The number of fused-ring (bicyclic) bond motifs is 1. The van der Waals surface area contributed by atoms with E-state index < -0.39 is 0 Å². The van der Waals surface area contributed by atoms with Gasteiger partial charge in [0, 0.05) is 29.3 Å². The van der Waals surface area contributed by atoms with Crippen molar-refractivity contribution in [2.24, 2.45) is 0 Å². The Morgan fingerprint density at radius 1 is 1.13 bits per heavy atom. The Bertz CT molecular complexity index is 1250. The van der Waals surface area contributed by atoms with Crippen molar-refractivity contribution in [3.8, 4) is 6.07 Å². The molecule has 0 saturated carbocycles. The van der Waals surface area contributed by atoms with E-state index in [1.165, 1.54) is 0 Å². The minimum atomic E-state index is -0.267. The van der Waals surface area contributed by atoms with Crippen molar-refractivity contribution in [2.45, 2.75) is 13.3 Å². The number of amides is 1. The van der Waals surface area contributed by atoms with Gasteiger partial charge in [0.2, 0.25) is 5.95 Å². The highest BCUT2D eigenvalue weighted by molar-refractivity contribution is 5.92. The second kappa shape index (κ2) is 8.45. The highest BCUT2D eigenvalue weighted by Crippen LogP contribution is 2.19. The van der Waals surface area contributed by atoms with Gasteiger partial charge in [-0.2, -0.15) is 5.26 Å². The predicted octanol–water partition coefficient (Wildman–Crippen LogP) is 3.85. The minimum Gasteiger partial charge on any atom is -0.361 e. The first-order chi connectivity index (χ1) is 14.6. The Hall–Kier alpha value is -4.18. The smallest absolute Gasteiger partial charge is 0.270 e. The van der Waals surface area contributed by atoms with Gasteiger partial charge in [-0.1, -0.05) is 30.3 Å². The van der Waals surface area contributed by atoms with Crippen LogP contribution in [0, 0.1) is 18.3 Å². The van der Waals surface area contributed by atoms with E-state index in [4.69, 9.17) is 0 Å². The molecule has 4 rings (SSSR count). The molecule has 7 heteroatoms. The van der Waals surface area contributed by atoms with Gasteiger partial charge in [-0.25, -0.2) is 9.97 Å². The fraction of sp³-hybridized carbons (Fsp3) is 0.130. The van der Waals surface area contributed by atoms with Crippen LogP contribution in [0.5, 0.6) is 0 Å². The molecule has 0 atom stereocenters. The first kappa shape index (κ1) is 19.2. The lowest BCUT2D eigenvalue weighted by molar-refractivity contribution is 0.0949. The quantitative estimate of drug-likeness (QED) is 0.459. The van der Waals surface area contributed by atoms with Crippen molar-refractivity contribution in [2.75, 3.05) is 11.9 Å². The van der Waals surface area contributed by atoms with Gasteiger partial charge in [-0.05, 0) is 43.2 Å². The van der Waals surface area contributed by atoms with E-state index in [1.54, 1.807) is 31.2 Å². The van der Waals surface area contributed by atoms with Crippen LogP contribution in [0.3, 0.4) is 0 Å². The summed E-state index contributed by atoms with van der Waals surface area (Å²) in [7, 11) is 0. The lowest BCUT2D eigenvalue weighted by Crippen LogP contribution is -2.27. The molecule has 0 unspecified atom stereocenters. The van der Waals surface area contributed by atoms with Gasteiger partial charge >= 0.3 is 0 Å². The molecule has 2 heterocycles. The molecule has 0 aliphatic rings. The summed E-state index contributed by atoms with van der Waals surface area (Å²) in [4.78, 5) is 24.5. The number of benzene rings is 2. The van der Waals surface area contributed by atoms with Crippen LogP contribution in [-0.4, -0.2) is 27.4 Å². The maximum Gasteiger partial charge on any atom is 0.270 e. The zero-order valence-electron chi connectivity index (χ0n) is 16.4. The fourth-order valence-corrected chi connectivity index (χ4v) is 3.29. The minimum absolute atomic E-state index is 0.267. The molecule has 0 spiro atoms. The normalized spacial score (nSPS) is 10.5. The number of aryl methyl sites for hydroxylation is 1. The molecule has 30 heavy (non-hydrogen) atoms. The first-order valence-corrected chi connectivity index (χ1v) is 9.59. The van der Waals surface area contributed by atoms with Crippen molar-refractivity contribution in [3.05, 3.63) is 83.3 Å². The summed E-state index contributed by atoms with van der Waals surface area (Å²) in [6.45, 7) is 2.29. The molecule has 2 aromatic carbocycles. The number of aromatic amines is 1. The molecule has 3 N–H and O–H groups in total. The first-order valence-electron chi connectivity index (χ1n) is 9.59. The fourth-order valence-electron chi connectivity index (χ4n) is 3.29. The van der Waals surface area contributed by atoms with Crippen LogP contribution in [0.2, 0.25) is 0 Å². The monoisotopic (exact) mass is 396 g/mol. The van der Waals surface area contributed by atoms with E-state index in [9.17, 15) is 10.1 Å². The third-order valence-electron chi connectivity index (χ3n) is 4.74. The van der Waals surface area contributed by atoms with Crippen LogP contribution >= 0.6 is 0 Å². The van der Waals surface area contributed by atoms with E-state index in [2.05, 4.69) is 37.7 Å². The molecule has 4 aromatic rings. The summed E-state index contributed by atoms with van der Waals surface area (Å²) >= 11 is 0. The molecule has 148 valence electrons. The molecule has 0 radical (unpaired) electrons. The SMILES string of the molecule is Cc1cc(C(=O)NCCc2c[nH]c3ccccc23)nc(Nc2ccccc2C#N)n1. The van der Waals surface area contributed by atoms with Crippen molar-refractivity contribution in [1.82, 2.24) is 20.3 Å². The molecule has 0 fully saturated rings. The second-order valence-corrected chi connectivity index (χ2v) is 6.87. The van der Waals surface area contributed by atoms with Gasteiger partial charge < -0.3 is 15.6 Å². The van der Waals surface area contributed by atoms with Crippen molar-refractivity contribution in [3.63, 3.8) is 0 Å². The van der Waals surface area contributed by atoms with Gasteiger partial charge in [0.05, 0.1) is 11.3 Å². The number of para-hydroxylation sites is 2. The third kappa shape index (κ3) is 4.13. The molecule has 0 aliphatic carbocycles. The van der Waals surface area contributed by atoms with E-state index in [0.29, 0.717) is 29.9 Å². The maximum absolute atomic E-state index is 12.6. The van der Waals surface area contributed by atoms with Crippen LogP contribution in [0.1, 0.15) is 27.3 Å². The third-order valence-corrected chi connectivity index (χ3v) is 4.74. The Kier molecular flexibility index (Phi) is 5.39. The van der Waals surface area contributed by atoms with Crippen LogP contribution in [0.25, 0.3) is 10.9 Å². The number of nitrogens with zero attached hydrogens (tertiary/aromatic N) is 3. The van der Waals surface area contributed by atoms with E-state index in [-0.39, 0.29) is 17.5 Å². The number of hydrogen-bond donors (Lipinski definition) is 3. The van der Waals surface area contributed by atoms with Crippen LogP contribution in [-0.2, 0) is 6.42 Å². The second-order valence-electron chi connectivity index (χ2n) is 6.87.